The number of esters is 1. The molecule has 2 atom stereocenters. The quantitative estimate of drug-likeness (QED) is 0.266. The zero-order valence-electron chi connectivity index (χ0n) is 8.37. The highest BCUT2D eigenvalue weighted by atomic mass is 31.3. The minimum Gasteiger partial charge on any atom is -0.462 e. The second kappa shape index (κ2) is 6.58. The minimum atomic E-state index is -5.20. The molecule has 0 saturated heterocycles. The van der Waals surface area contributed by atoms with E-state index in [2.05, 4.69) is 9.05 Å². The normalized spacial score (nSPS) is 17.2. The molecule has 0 rings (SSSR count). The first-order valence-electron chi connectivity index (χ1n) is 4.09. The van der Waals surface area contributed by atoms with E-state index in [9.17, 15) is 13.9 Å². The standard InChI is InChI=1S/C5H12O10P2/c6-1-4(7)2-14-5(8)3-16(9,10)15-17(11,12)13/h4,6-7H,1-3H2,(H,9,10)(H2,11,12,13)/t4-/m0/s1. The van der Waals surface area contributed by atoms with E-state index in [0.717, 1.165) is 0 Å². The van der Waals surface area contributed by atoms with E-state index in [1.165, 1.54) is 0 Å². The molecule has 0 bridgehead atoms. The fourth-order valence-electron chi connectivity index (χ4n) is 0.646. The van der Waals surface area contributed by atoms with Gasteiger partial charge in [0, 0.05) is 0 Å². The topological polar surface area (TPSA) is 171 Å². The van der Waals surface area contributed by atoms with Crippen LogP contribution in [-0.2, 0) is 23.0 Å². The molecule has 0 aliphatic carbocycles. The van der Waals surface area contributed by atoms with E-state index in [4.69, 9.17) is 24.9 Å². The van der Waals surface area contributed by atoms with Crippen molar-refractivity contribution >= 4 is 21.4 Å². The van der Waals surface area contributed by atoms with Crippen molar-refractivity contribution in [1.82, 2.24) is 0 Å². The first kappa shape index (κ1) is 16.7. The van der Waals surface area contributed by atoms with Crippen molar-refractivity contribution in [3.63, 3.8) is 0 Å². The molecule has 0 aromatic rings. The number of carbonyl (C=O) groups excluding carboxylic acids is 1. The molecule has 0 spiro atoms. The molecule has 0 aliphatic rings. The number of aliphatic hydroxyl groups excluding tert-OH is 2. The molecule has 0 heterocycles. The lowest BCUT2D eigenvalue weighted by Crippen LogP contribution is -2.23. The zero-order valence-corrected chi connectivity index (χ0v) is 10.2. The molecule has 0 aromatic heterocycles. The molecule has 12 heteroatoms. The summed E-state index contributed by atoms with van der Waals surface area (Å²) in [6, 6.07) is 0. The largest absolute Gasteiger partial charge is 0.476 e. The Balaban J connectivity index is 4.19. The molecule has 102 valence electrons. The highest BCUT2D eigenvalue weighted by molar-refractivity contribution is 7.64. The Kier molecular flexibility index (Phi) is 6.46. The Hall–Kier alpha value is -0.310. The molecule has 0 radical (unpaired) electrons. The summed E-state index contributed by atoms with van der Waals surface area (Å²) in [5.74, 6) is -1.31. The fraction of sp³-hybridized carbons (Fsp3) is 0.800. The molecule has 5 N–H and O–H groups in total. The highest BCUT2D eigenvalue weighted by Gasteiger charge is 2.33. The summed E-state index contributed by atoms with van der Waals surface area (Å²) < 4.78 is 29.0. The maximum atomic E-state index is 11.0. The van der Waals surface area contributed by atoms with Crippen LogP contribution in [0.5, 0.6) is 0 Å². The van der Waals surface area contributed by atoms with Crippen LogP contribution in [-0.4, -0.2) is 56.3 Å². The molecule has 0 amide bonds. The van der Waals surface area contributed by atoms with Crippen molar-refractivity contribution in [2.24, 2.45) is 0 Å². The van der Waals surface area contributed by atoms with E-state index >= 15 is 0 Å². The van der Waals surface area contributed by atoms with Crippen LogP contribution in [0.25, 0.3) is 0 Å². The van der Waals surface area contributed by atoms with Crippen LogP contribution in [0.4, 0.5) is 0 Å². The minimum absolute atomic E-state index is 0.620. The lowest BCUT2D eigenvalue weighted by Gasteiger charge is -2.12. The Labute approximate surface area is 95.6 Å². The van der Waals surface area contributed by atoms with E-state index < -0.39 is 46.9 Å². The number of carbonyl (C=O) groups is 1. The number of rotatable bonds is 7. The van der Waals surface area contributed by atoms with Crippen molar-refractivity contribution in [2.45, 2.75) is 6.10 Å². The summed E-state index contributed by atoms with van der Waals surface area (Å²) in [6.45, 7) is -1.30. The predicted molar refractivity (Wildman–Crippen MR) is 51.9 cm³/mol. The highest BCUT2D eigenvalue weighted by Crippen LogP contribution is 2.56. The third-order valence-corrected chi connectivity index (χ3v) is 3.74. The van der Waals surface area contributed by atoms with Crippen LogP contribution in [0.3, 0.4) is 0 Å². The maximum absolute atomic E-state index is 11.0. The van der Waals surface area contributed by atoms with Gasteiger partial charge in [0.25, 0.3) is 0 Å². The van der Waals surface area contributed by atoms with Gasteiger partial charge in [0.2, 0.25) is 0 Å². The van der Waals surface area contributed by atoms with Gasteiger partial charge in [0.15, 0.2) is 0 Å². The SMILES string of the molecule is O=C(CP(=O)(O)OP(=O)(O)O)OC[C@@H](O)CO. The van der Waals surface area contributed by atoms with Gasteiger partial charge in [0.05, 0.1) is 6.61 Å². The van der Waals surface area contributed by atoms with Crippen LogP contribution in [0, 0.1) is 0 Å². The van der Waals surface area contributed by atoms with E-state index in [1.807, 2.05) is 0 Å². The number of hydrogen-bond donors (Lipinski definition) is 5. The van der Waals surface area contributed by atoms with Crippen LogP contribution in [0.2, 0.25) is 0 Å². The lowest BCUT2D eigenvalue weighted by molar-refractivity contribution is -0.144. The van der Waals surface area contributed by atoms with Gasteiger partial charge in [-0.1, -0.05) is 0 Å². The first-order valence-corrected chi connectivity index (χ1v) is 7.38. The molecule has 0 aromatic carbocycles. The third kappa shape index (κ3) is 9.40. The van der Waals surface area contributed by atoms with Crippen molar-refractivity contribution < 1.29 is 47.9 Å². The van der Waals surface area contributed by atoms with Gasteiger partial charge >= 0.3 is 21.4 Å². The average molecular weight is 294 g/mol. The van der Waals surface area contributed by atoms with Crippen LogP contribution in [0.15, 0.2) is 0 Å². The molecule has 0 fully saturated rings. The van der Waals surface area contributed by atoms with Crippen molar-refractivity contribution in [1.29, 1.82) is 0 Å². The zero-order chi connectivity index (χ0) is 13.7. The molecule has 17 heavy (non-hydrogen) atoms. The van der Waals surface area contributed by atoms with Gasteiger partial charge in [-0.2, -0.15) is 0 Å². The Morgan fingerprint density at radius 2 is 1.76 bits per heavy atom. The number of ether oxygens (including phenoxy) is 1. The summed E-state index contributed by atoms with van der Waals surface area (Å²) in [5.41, 5.74) is 0. The number of aliphatic hydroxyl groups is 2. The molecular formula is C5H12O10P2. The van der Waals surface area contributed by atoms with Crippen LogP contribution >= 0.6 is 15.4 Å². The van der Waals surface area contributed by atoms with Gasteiger partial charge in [-0.15, -0.1) is 0 Å². The number of phosphoric acid groups is 1. The molecule has 0 saturated carbocycles. The average Bonchev–Trinajstić information content (AvgIpc) is 2.09. The Morgan fingerprint density at radius 3 is 2.18 bits per heavy atom. The maximum Gasteiger partial charge on any atom is 0.476 e. The first-order chi connectivity index (χ1) is 7.56. The Bertz CT molecular complexity index is 347. The van der Waals surface area contributed by atoms with E-state index in [0.29, 0.717) is 0 Å². The number of hydrogen-bond acceptors (Lipinski definition) is 7. The van der Waals surface area contributed by atoms with E-state index in [1.54, 1.807) is 0 Å². The summed E-state index contributed by atoms with van der Waals surface area (Å²) in [6.07, 6.45) is -2.63. The summed E-state index contributed by atoms with van der Waals surface area (Å²) in [7, 11) is -10.0. The molecular weight excluding hydrogens is 282 g/mol. The van der Waals surface area contributed by atoms with E-state index in [-0.39, 0.29) is 0 Å². The smallest absolute Gasteiger partial charge is 0.462 e. The lowest BCUT2D eigenvalue weighted by atomic mass is 10.4. The molecule has 1 unspecified atom stereocenters. The van der Waals surface area contributed by atoms with Crippen molar-refractivity contribution in [3.8, 4) is 0 Å². The summed E-state index contributed by atoms with van der Waals surface area (Å²) in [5, 5.41) is 17.1. The summed E-state index contributed by atoms with van der Waals surface area (Å²) in [4.78, 5) is 36.3. The van der Waals surface area contributed by atoms with Gasteiger partial charge < -0.3 is 29.6 Å². The Morgan fingerprint density at radius 1 is 1.24 bits per heavy atom. The predicted octanol–water partition coefficient (Wildman–Crippen LogP) is -1.82. The fourth-order valence-corrected chi connectivity index (χ4v) is 2.62. The van der Waals surface area contributed by atoms with Gasteiger partial charge in [-0.25, -0.2) is 8.88 Å². The third-order valence-electron chi connectivity index (χ3n) is 1.21. The molecule has 0 aliphatic heterocycles. The van der Waals surface area contributed by atoms with Gasteiger partial charge in [-0.05, 0) is 0 Å². The van der Waals surface area contributed by atoms with Crippen molar-refractivity contribution in [3.05, 3.63) is 0 Å². The van der Waals surface area contributed by atoms with Crippen LogP contribution in [0.1, 0.15) is 0 Å². The van der Waals surface area contributed by atoms with Gasteiger partial charge in [-0.3, -0.25) is 9.36 Å². The second-order valence-electron chi connectivity index (χ2n) is 2.89. The van der Waals surface area contributed by atoms with Gasteiger partial charge in [0.1, 0.15) is 18.9 Å². The van der Waals surface area contributed by atoms with Crippen LogP contribution < -0.4 is 0 Å². The second-order valence-corrected chi connectivity index (χ2v) is 6.11. The monoisotopic (exact) mass is 294 g/mol. The van der Waals surface area contributed by atoms with Crippen molar-refractivity contribution in [2.75, 3.05) is 19.4 Å². The molecule has 10 nitrogen and oxygen atoms in total. The summed E-state index contributed by atoms with van der Waals surface area (Å²) >= 11 is 0.